The van der Waals surface area contributed by atoms with Crippen LogP contribution < -0.4 is 10.5 Å². The molecule has 1 aliphatic rings. The third-order valence-corrected chi connectivity index (χ3v) is 4.43. The van der Waals surface area contributed by atoms with Gasteiger partial charge in [0, 0.05) is 51.7 Å². The third-order valence-electron chi connectivity index (χ3n) is 4.43. The predicted molar refractivity (Wildman–Crippen MR) is 89.8 cm³/mol. The van der Waals surface area contributed by atoms with E-state index in [2.05, 4.69) is 15.1 Å². The van der Waals surface area contributed by atoms with Crippen LogP contribution >= 0.6 is 0 Å². The Morgan fingerprint density at radius 3 is 2.58 bits per heavy atom. The zero-order valence-corrected chi connectivity index (χ0v) is 14.0. The van der Waals surface area contributed by atoms with Gasteiger partial charge in [0.05, 0.1) is 11.9 Å². The average molecular weight is 330 g/mol. The molecule has 1 fully saturated rings. The van der Waals surface area contributed by atoms with Crippen LogP contribution in [0, 0.1) is 0 Å². The lowest BCUT2D eigenvalue weighted by Crippen LogP contribution is -2.51. The summed E-state index contributed by atoms with van der Waals surface area (Å²) in [5.74, 6) is 0.1000. The van der Waals surface area contributed by atoms with E-state index in [4.69, 9.17) is 0 Å². The molecule has 1 amide bonds. The number of amides is 1. The molecule has 128 valence electrons. The first-order chi connectivity index (χ1) is 11.6. The van der Waals surface area contributed by atoms with Gasteiger partial charge >= 0.3 is 0 Å². The number of hydrogen-bond donors (Lipinski definition) is 0. The molecule has 0 aliphatic carbocycles. The summed E-state index contributed by atoms with van der Waals surface area (Å²) in [5.41, 5.74) is 0.681. The van der Waals surface area contributed by atoms with Gasteiger partial charge in [0.25, 0.3) is 5.56 Å². The molecule has 1 aliphatic heterocycles. The Bertz CT molecular complexity index is 746. The number of rotatable bonds is 4. The zero-order valence-electron chi connectivity index (χ0n) is 14.0. The second-order valence-corrected chi connectivity index (χ2v) is 5.90. The van der Waals surface area contributed by atoms with E-state index >= 15 is 0 Å². The maximum atomic E-state index is 12.8. The van der Waals surface area contributed by atoms with E-state index in [9.17, 15) is 9.59 Å². The van der Waals surface area contributed by atoms with Crippen LogP contribution in [-0.2, 0) is 11.8 Å². The lowest BCUT2D eigenvalue weighted by Gasteiger charge is -2.37. The molecule has 0 aromatic carbocycles. The van der Waals surface area contributed by atoms with Crippen LogP contribution in [0.4, 0.5) is 5.69 Å². The maximum Gasteiger partial charge on any atom is 0.268 e. The van der Waals surface area contributed by atoms with Gasteiger partial charge in [0.2, 0.25) is 5.91 Å². The number of anilines is 1. The summed E-state index contributed by atoms with van der Waals surface area (Å²) in [6, 6.07) is 3.16. The molecule has 2 aromatic heterocycles. The molecule has 0 saturated carbocycles. The summed E-state index contributed by atoms with van der Waals surface area (Å²) in [7, 11) is 1.63. The van der Waals surface area contributed by atoms with Gasteiger partial charge in [-0.15, -0.1) is 0 Å². The Balaban J connectivity index is 1.65. The van der Waals surface area contributed by atoms with Crippen LogP contribution in [0.1, 0.15) is 19.4 Å². The van der Waals surface area contributed by atoms with Crippen LogP contribution in [0.3, 0.4) is 0 Å². The smallest absolute Gasteiger partial charge is 0.268 e. The van der Waals surface area contributed by atoms with Crippen molar-refractivity contribution in [1.82, 2.24) is 24.5 Å². The first-order valence-electron chi connectivity index (χ1n) is 8.16. The fourth-order valence-electron chi connectivity index (χ4n) is 2.97. The highest BCUT2D eigenvalue weighted by atomic mass is 16.2. The maximum absolute atomic E-state index is 12.8. The summed E-state index contributed by atoms with van der Waals surface area (Å²) in [4.78, 5) is 28.4. The largest absolute Gasteiger partial charge is 0.367 e. The summed E-state index contributed by atoms with van der Waals surface area (Å²) in [6.07, 6.45) is 5.92. The Labute approximate surface area is 140 Å². The van der Waals surface area contributed by atoms with Crippen LogP contribution in [0.2, 0.25) is 0 Å². The average Bonchev–Trinajstić information content (AvgIpc) is 3.12. The minimum Gasteiger partial charge on any atom is -0.367 e. The molecular formula is C16H22N6O2. The first-order valence-corrected chi connectivity index (χ1v) is 8.16. The van der Waals surface area contributed by atoms with Crippen molar-refractivity contribution in [3.05, 3.63) is 41.1 Å². The van der Waals surface area contributed by atoms with Crippen molar-refractivity contribution in [2.75, 3.05) is 31.1 Å². The van der Waals surface area contributed by atoms with Crippen molar-refractivity contribution < 1.29 is 4.79 Å². The zero-order chi connectivity index (χ0) is 17.1. The molecule has 2 aromatic rings. The Morgan fingerprint density at radius 1 is 1.25 bits per heavy atom. The van der Waals surface area contributed by atoms with Gasteiger partial charge in [-0.3, -0.25) is 14.3 Å². The lowest BCUT2D eigenvalue weighted by molar-refractivity contribution is -0.135. The van der Waals surface area contributed by atoms with E-state index < -0.39 is 0 Å². The van der Waals surface area contributed by atoms with Gasteiger partial charge < -0.3 is 9.80 Å². The SMILES string of the molecule is CC[C@H](C(=O)N1CCN(c2cnn(C)c(=O)c2)CC1)n1cccn1. The highest BCUT2D eigenvalue weighted by Gasteiger charge is 2.28. The van der Waals surface area contributed by atoms with Crippen molar-refractivity contribution in [2.24, 2.45) is 7.05 Å². The minimum atomic E-state index is -0.253. The number of hydrogen-bond acceptors (Lipinski definition) is 5. The summed E-state index contributed by atoms with van der Waals surface area (Å²) in [6.45, 7) is 4.63. The topological polar surface area (TPSA) is 76.3 Å². The number of carbonyl (C=O) groups excluding carboxylic acids is 1. The van der Waals surface area contributed by atoms with Crippen molar-refractivity contribution in [2.45, 2.75) is 19.4 Å². The van der Waals surface area contributed by atoms with E-state index in [1.165, 1.54) is 4.68 Å². The van der Waals surface area contributed by atoms with E-state index in [-0.39, 0.29) is 17.5 Å². The van der Waals surface area contributed by atoms with Crippen LogP contribution in [0.25, 0.3) is 0 Å². The van der Waals surface area contributed by atoms with Gasteiger partial charge in [-0.25, -0.2) is 4.68 Å². The number of nitrogens with zero attached hydrogens (tertiary/aromatic N) is 6. The van der Waals surface area contributed by atoms with Crippen LogP contribution in [-0.4, -0.2) is 56.5 Å². The summed E-state index contributed by atoms with van der Waals surface area (Å²) < 4.78 is 3.03. The highest BCUT2D eigenvalue weighted by molar-refractivity contribution is 5.80. The molecule has 0 N–H and O–H groups in total. The fourth-order valence-corrected chi connectivity index (χ4v) is 2.97. The number of aromatic nitrogens is 4. The van der Waals surface area contributed by atoms with E-state index in [0.717, 1.165) is 5.69 Å². The molecule has 0 spiro atoms. The van der Waals surface area contributed by atoms with Crippen molar-refractivity contribution in [1.29, 1.82) is 0 Å². The number of piperazine rings is 1. The van der Waals surface area contributed by atoms with Gasteiger partial charge in [-0.2, -0.15) is 10.2 Å². The molecule has 1 saturated heterocycles. The molecule has 1 atom stereocenters. The van der Waals surface area contributed by atoms with Gasteiger partial charge in [-0.1, -0.05) is 6.92 Å². The molecule has 3 rings (SSSR count). The number of aryl methyl sites for hydroxylation is 1. The Morgan fingerprint density at radius 2 is 2.00 bits per heavy atom. The van der Waals surface area contributed by atoms with Crippen LogP contribution in [0.15, 0.2) is 35.5 Å². The van der Waals surface area contributed by atoms with E-state index in [0.29, 0.717) is 32.6 Å². The summed E-state index contributed by atoms with van der Waals surface area (Å²) >= 11 is 0. The van der Waals surface area contributed by atoms with Gasteiger partial charge in [-0.05, 0) is 12.5 Å². The molecule has 3 heterocycles. The molecule has 0 radical (unpaired) electrons. The van der Waals surface area contributed by atoms with Crippen LogP contribution in [0.5, 0.6) is 0 Å². The normalized spacial score (nSPS) is 16.2. The van der Waals surface area contributed by atoms with E-state index in [1.54, 1.807) is 30.2 Å². The molecule has 8 nitrogen and oxygen atoms in total. The Kier molecular flexibility index (Phi) is 4.64. The predicted octanol–water partition coefficient (Wildman–Crippen LogP) is 0.277. The molecule has 0 unspecified atom stereocenters. The fraction of sp³-hybridized carbons (Fsp3) is 0.500. The minimum absolute atomic E-state index is 0.1000. The Hall–Kier alpha value is -2.64. The second kappa shape index (κ2) is 6.86. The van der Waals surface area contributed by atoms with Crippen molar-refractivity contribution in [3.8, 4) is 0 Å². The lowest BCUT2D eigenvalue weighted by atomic mass is 10.1. The summed E-state index contributed by atoms with van der Waals surface area (Å²) in [5, 5.41) is 8.25. The third kappa shape index (κ3) is 3.17. The second-order valence-electron chi connectivity index (χ2n) is 5.90. The van der Waals surface area contributed by atoms with Gasteiger partial charge in [0.15, 0.2) is 0 Å². The van der Waals surface area contributed by atoms with E-state index in [1.807, 2.05) is 24.1 Å². The molecule has 0 bridgehead atoms. The standard InChI is InChI=1S/C16H22N6O2/c1-3-14(22-6-4-5-17-22)16(24)21-9-7-20(8-10-21)13-11-15(23)19(2)18-12-13/h4-6,11-12,14H,3,7-10H2,1-2H3/t14-/m1/s1. The van der Waals surface area contributed by atoms with Crippen molar-refractivity contribution >= 4 is 11.6 Å². The molecule has 24 heavy (non-hydrogen) atoms. The first kappa shape index (κ1) is 16.2. The highest BCUT2D eigenvalue weighted by Crippen LogP contribution is 2.18. The molecular weight excluding hydrogens is 308 g/mol. The van der Waals surface area contributed by atoms with Crippen molar-refractivity contribution in [3.63, 3.8) is 0 Å². The molecule has 8 heteroatoms. The number of carbonyl (C=O) groups is 1. The quantitative estimate of drug-likeness (QED) is 0.805. The van der Waals surface area contributed by atoms with Gasteiger partial charge in [0.1, 0.15) is 6.04 Å². The monoisotopic (exact) mass is 330 g/mol.